The lowest BCUT2D eigenvalue weighted by Crippen LogP contribution is -2.58. The summed E-state index contributed by atoms with van der Waals surface area (Å²) in [6, 6.07) is 11.5. The molecule has 2 saturated carbocycles. The van der Waals surface area contributed by atoms with Crippen LogP contribution in [0.25, 0.3) is 0 Å². The summed E-state index contributed by atoms with van der Waals surface area (Å²) in [5.41, 5.74) is 5.01. The minimum absolute atomic E-state index is 0.304. The smallest absolute Gasteiger partial charge is 0.0335 e. The first-order chi connectivity index (χ1) is 9.37. The van der Waals surface area contributed by atoms with Gasteiger partial charge in [-0.3, -0.25) is 11.3 Å². The number of hydrogen-bond acceptors (Lipinski definition) is 2. The Kier molecular flexibility index (Phi) is 3.90. The molecule has 3 N–H and O–H groups in total. The van der Waals surface area contributed by atoms with Gasteiger partial charge < -0.3 is 0 Å². The highest BCUT2D eigenvalue weighted by molar-refractivity contribution is 5.31. The van der Waals surface area contributed by atoms with Crippen LogP contribution >= 0.6 is 0 Å². The molecule has 0 spiro atoms. The van der Waals surface area contributed by atoms with E-state index in [-0.39, 0.29) is 0 Å². The van der Waals surface area contributed by atoms with E-state index in [2.05, 4.69) is 35.8 Å². The predicted molar refractivity (Wildman–Crippen MR) is 79.7 cm³/mol. The maximum absolute atomic E-state index is 5.99. The number of rotatable bonds is 4. The summed E-state index contributed by atoms with van der Waals surface area (Å²) < 4.78 is 0. The summed E-state index contributed by atoms with van der Waals surface area (Å²) in [5.74, 6) is 6.75. The first-order valence-corrected chi connectivity index (χ1v) is 7.88. The van der Waals surface area contributed by atoms with Crippen LogP contribution in [-0.4, -0.2) is 6.04 Å². The van der Waals surface area contributed by atoms with Crippen LogP contribution in [0.2, 0.25) is 0 Å². The predicted octanol–water partition coefficient (Wildman–Crippen LogP) is 3.52. The van der Waals surface area contributed by atoms with Crippen LogP contribution in [0.15, 0.2) is 30.3 Å². The van der Waals surface area contributed by atoms with Gasteiger partial charge in [-0.25, -0.2) is 0 Å². The highest BCUT2D eigenvalue weighted by atomic mass is 15.2. The minimum atomic E-state index is 0.304. The van der Waals surface area contributed by atoms with Gasteiger partial charge >= 0.3 is 0 Å². The first-order valence-electron chi connectivity index (χ1n) is 7.88. The maximum Gasteiger partial charge on any atom is 0.0335 e. The highest BCUT2D eigenvalue weighted by Gasteiger charge is 2.47. The second kappa shape index (κ2) is 5.64. The van der Waals surface area contributed by atoms with Crippen LogP contribution in [0.1, 0.15) is 56.9 Å². The second-order valence-corrected chi connectivity index (χ2v) is 6.42. The van der Waals surface area contributed by atoms with Crippen molar-refractivity contribution in [2.45, 2.75) is 62.8 Å². The van der Waals surface area contributed by atoms with Gasteiger partial charge in [0.1, 0.15) is 0 Å². The topological polar surface area (TPSA) is 38.0 Å². The molecule has 0 heterocycles. The highest BCUT2D eigenvalue weighted by Crippen LogP contribution is 2.49. The fraction of sp³-hybridized carbons (Fsp3) is 0.647. The van der Waals surface area contributed by atoms with Gasteiger partial charge in [0.2, 0.25) is 0 Å². The van der Waals surface area contributed by atoms with Crippen molar-refractivity contribution in [2.24, 2.45) is 11.8 Å². The molecule has 0 radical (unpaired) electrons. The second-order valence-electron chi connectivity index (χ2n) is 6.42. The van der Waals surface area contributed by atoms with E-state index in [1.54, 1.807) is 0 Å². The molecule has 2 heteroatoms. The third-order valence-corrected chi connectivity index (χ3v) is 5.49. The van der Waals surface area contributed by atoms with Crippen molar-refractivity contribution >= 4 is 0 Å². The SMILES string of the molecule is NNC(C1CCCCC1)C1(c2ccccc2)CCC1. The molecule has 19 heavy (non-hydrogen) atoms. The summed E-state index contributed by atoms with van der Waals surface area (Å²) in [7, 11) is 0. The summed E-state index contributed by atoms with van der Waals surface area (Å²) in [6.07, 6.45) is 10.8. The van der Waals surface area contributed by atoms with Crippen molar-refractivity contribution in [1.29, 1.82) is 0 Å². The van der Waals surface area contributed by atoms with Gasteiger partial charge in [0.15, 0.2) is 0 Å². The largest absolute Gasteiger partial charge is 0.271 e. The Bertz CT molecular complexity index is 391. The molecule has 3 rings (SSSR count). The van der Waals surface area contributed by atoms with E-state index in [4.69, 9.17) is 5.84 Å². The Morgan fingerprint density at radius 1 is 1.00 bits per heavy atom. The summed E-state index contributed by atoms with van der Waals surface area (Å²) in [6.45, 7) is 0. The standard InChI is InChI=1S/C17H26N2/c18-19-16(14-8-3-1-4-9-14)17(12-7-13-17)15-10-5-2-6-11-15/h2,5-6,10-11,14,16,19H,1,3-4,7-9,12-13,18H2. The van der Waals surface area contributed by atoms with E-state index >= 15 is 0 Å². The van der Waals surface area contributed by atoms with Crippen LogP contribution in [0.5, 0.6) is 0 Å². The Hall–Kier alpha value is -0.860. The molecule has 2 nitrogen and oxygen atoms in total. The van der Waals surface area contributed by atoms with Crippen molar-refractivity contribution in [1.82, 2.24) is 5.43 Å². The third kappa shape index (κ3) is 2.32. The molecule has 104 valence electrons. The molecule has 1 unspecified atom stereocenters. The molecule has 2 fully saturated rings. The third-order valence-electron chi connectivity index (χ3n) is 5.49. The number of benzene rings is 1. The van der Waals surface area contributed by atoms with Gasteiger partial charge in [-0.05, 0) is 37.2 Å². The van der Waals surface area contributed by atoms with E-state index < -0.39 is 0 Å². The maximum atomic E-state index is 5.99. The van der Waals surface area contributed by atoms with Crippen molar-refractivity contribution in [3.63, 3.8) is 0 Å². The van der Waals surface area contributed by atoms with E-state index in [9.17, 15) is 0 Å². The van der Waals surface area contributed by atoms with Gasteiger partial charge in [0.05, 0.1) is 0 Å². The molecular weight excluding hydrogens is 232 g/mol. The number of hydrogen-bond donors (Lipinski definition) is 2. The monoisotopic (exact) mass is 258 g/mol. The zero-order chi connectivity index (χ0) is 13.1. The molecular formula is C17H26N2. The van der Waals surface area contributed by atoms with Gasteiger partial charge in [0.25, 0.3) is 0 Å². The Labute approximate surface area is 116 Å². The van der Waals surface area contributed by atoms with Crippen molar-refractivity contribution in [2.75, 3.05) is 0 Å². The average molecular weight is 258 g/mol. The lowest BCUT2D eigenvalue weighted by Gasteiger charge is -2.51. The first kappa shape index (κ1) is 13.1. The number of hydrazine groups is 1. The van der Waals surface area contributed by atoms with Gasteiger partial charge in [-0.2, -0.15) is 0 Å². The van der Waals surface area contributed by atoms with E-state index in [1.165, 1.54) is 56.9 Å². The summed E-state index contributed by atoms with van der Waals surface area (Å²) in [4.78, 5) is 0. The molecule has 2 aliphatic rings. The Morgan fingerprint density at radius 3 is 2.21 bits per heavy atom. The molecule has 0 aromatic heterocycles. The molecule has 0 bridgehead atoms. The lowest BCUT2D eigenvalue weighted by molar-refractivity contribution is 0.105. The molecule has 0 aliphatic heterocycles. The number of nitrogens with two attached hydrogens (primary N) is 1. The molecule has 1 aromatic carbocycles. The Morgan fingerprint density at radius 2 is 1.68 bits per heavy atom. The van der Waals surface area contributed by atoms with Gasteiger partial charge in [-0.15, -0.1) is 0 Å². The summed E-state index contributed by atoms with van der Waals surface area (Å²) in [5, 5.41) is 0. The van der Waals surface area contributed by atoms with Crippen LogP contribution in [0.4, 0.5) is 0 Å². The quantitative estimate of drug-likeness (QED) is 0.640. The number of nitrogens with one attached hydrogen (secondary N) is 1. The van der Waals surface area contributed by atoms with Crippen molar-refractivity contribution in [3.8, 4) is 0 Å². The lowest BCUT2D eigenvalue weighted by atomic mass is 9.56. The van der Waals surface area contributed by atoms with Crippen LogP contribution < -0.4 is 11.3 Å². The molecule has 0 amide bonds. The van der Waals surface area contributed by atoms with E-state index in [1.807, 2.05) is 0 Å². The fourth-order valence-electron chi connectivity index (χ4n) is 4.32. The zero-order valence-electron chi connectivity index (χ0n) is 11.8. The van der Waals surface area contributed by atoms with Crippen molar-refractivity contribution in [3.05, 3.63) is 35.9 Å². The Balaban J connectivity index is 1.87. The zero-order valence-corrected chi connectivity index (χ0v) is 11.8. The normalized spacial score (nSPS) is 24.7. The van der Waals surface area contributed by atoms with Gasteiger partial charge in [-0.1, -0.05) is 56.0 Å². The minimum Gasteiger partial charge on any atom is -0.271 e. The summed E-state index contributed by atoms with van der Waals surface area (Å²) >= 11 is 0. The molecule has 2 aliphatic carbocycles. The molecule has 0 saturated heterocycles. The fourth-order valence-corrected chi connectivity index (χ4v) is 4.32. The molecule has 1 aromatic rings. The van der Waals surface area contributed by atoms with Crippen molar-refractivity contribution < 1.29 is 0 Å². The van der Waals surface area contributed by atoms with E-state index in [0.29, 0.717) is 11.5 Å². The van der Waals surface area contributed by atoms with Gasteiger partial charge in [0, 0.05) is 11.5 Å². The van der Waals surface area contributed by atoms with Crippen LogP contribution in [0, 0.1) is 5.92 Å². The van der Waals surface area contributed by atoms with Crippen LogP contribution in [-0.2, 0) is 5.41 Å². The molecule has 1 atom stereocenters. The van der Waals surface area contributed by atoms with E-state index in [0.717, 1.165) is 5.92 Å². The average Bonchev–Trinajstić information content (AvgIpc) is 2.44. The van der Waals surface area contributed by atoms with Crippen LogP contribution in [0.3, 0.4) is 0 Å².